The molecule has 1 atom stereocenters. The predicted molar refractivity (Wildman–Crippen MR) is 76.6 cm³/mol. The van der Waals surface area contributed by atoms with Gasteiger partial charge in [0.05, 0.1) is 33.0 Å². The Bertz CT molecular complexity index is 570. The van der Waals surface area contributed by atoms with Crippen LogP contribution in [0, 0.1) is 0 Å². The largest absolute Gasteiger partial charge is 0.495 e. The predicted octanol–water partition coefficient (Wildman–Crippen LogP) is -0.152. The van der Waals surface area contributed by atoms with Crippen molar-refractivity contribution in [2.24, 2.45) is 5.73 Å². The van der Waals surface area contributed by atoms with E-state index in [1.165, 1.54) is 13.2 Å². The summed E-state index contributed by atoms with van der Waals surface area (Å²) in [5.74, 6) is 0.270. The molecular weight excluding hydrogens is 296 g/mol. The molecule has 3 N–H and O–H groups in total. The van der Waals surface area contributed by atoms with Gasteiger partial charge in [-0.2, -0.15) is 0 Å². The van der Waals surface area contributed by atoms with Crippen molar-refractivity contribution in [1.29, 1.82) is 0 Å². The second-order valence-corrected chi connectivity index (χ2v) is 6.34. The lowest BCUT2D eigenvalue weighted by atomic mass is 10.2. The van der Waals surface area contributed by atoms with Crippen molar-refractivity contribution >= 4 is 10.0 Å². The summed E-state index contributed by atoms with van der Waals surface area (Å²) in [6, 6.07) is 4.77. The Morgan fingerprint density at radius 1 is 1.43 bits per heavy atom. The van der Waals surface area contributed by atoms with Gasteiger partial charge in [-0.15, -0.1) is 0 Å². The van der Waals surface area contributed by atoms with Gasteiger partial charge in [0.25, 0.3) is 0 Å². The molecule has 0 aliphatic carbocycles. The minimum Gasteiger partial charge on any atom is -0.495 e. The van der Waals surface area contributed by atoms with Gasteiger partial charge >= 0.3 is 0 Å². The maximum Gasteiger partial charge on any atom is 0.244 e. The molecule has 0 aromatic heterocycles. The van der Waals surface area contributed by atoms with Crippen molar-refractivity contribution in [2.75, 3.05) is 33.5 Å². The number of nitrogens with two attached hydrogens (primary N) is 1. The standard InChI is InChI=1S/C13H20N2O5S/c1-18-12-6-10(7-14)2-3-13(12)21(16,17)15-8-11-9-19-4-5-20-11/h2-3,6,11,15H,4-5,7-9,14H2,1H3. The smallest absolute Gasteiger partial charge is 0.244 e. The number of ether oxygens (including phenoxy) is 3. The van der Waals surface area contributed by atoms with Crippen LogP contribution in [0.4, 0.5) is 0 Å². The maximum atomic E-state index is 12.3. The van der Waals surface area contributed by atoms with E-state index in [1.807, 2.05) is 0 Å². The summed E-state index contributed by atoms with van der Waals surface area (Å²) in [7, 11) is -2.26. The van der Waals surface area contributed by atoms with Gasteiger partial charge in [-0.3, -0.25) is 0 Å². The van der Waals surface area contributed by atoms with Gasteiger partial charge in [-0.1, -0.05) is 6.07 Å². The van der Waals surface area contributed by atoms with E-state index in [2.05, 4.69) is 4.72 Å². The van der Waals surface area contributed by atoms with Crippen LogP contribution >= 0.6 is 0 Å². The third kappa shape index (κ3) is 4.14. The van der Waals surface area contributed by atoms with Crippen LogP contribution in [0.2, 0.25) is 0 Å². The summed E-state index contributed by atoms with van der Waals surface area (Å²) in [5, 5.41) is 0. The van der Waals surface area contributed by atoms with Crippen LogP contribution < -0.4 is 15.2 Å². The van der Waals surface area contributed by atoms with Crippen LogP contribution in [0.3, 0.4) is 0 Å². The average molecular weight is 316 g/mol. The molecule has 1 unspecified atom stereocenters. The van der Waals surface area contributed by atoms with E-state index in [-0.39, 0.29) is 23.3 Å². The zero-order valence-corrected chi connectivity index (χ0v) is 12.7. The molecule has 1 aliphatic heterocycles. The summed E-state index contributed by atoms with van der Waals surface area (Å²) in [4.78, 5) is 0.0823. The van der Waals surface area contributed by atoms with E-state index in [0.29, 0.717) is 26.4 Å². The Morgan fingerprint density at radius 3 is 2.86 bits per heavy atom. The summed E-state index contributed by atoms with van der Waals surface area (Å²) in [6.45, 7) is 1.87. The van der Waals surface area contributed by atoms with E-state index in [1.54, 1.807) is 12.1 Å². The van der Waals surface area contributed by atoms with Crippen molar-refractivity contribution in [2.45, 2.75) is 17.5 Å². The summed E-state index contributed by atoms with van der Waals surface area (Å²) in [5.41, 5.74) is 6.34. The lowest BCUT2D eigenvalue weighted by Gasteiger charge is -2.23. The first-order chi connectivity index (χ1) is 10.1. The van der Waals surface area contributed by atoms with Crippen molar-refractivity contribution < 1.29 is 22.6 Å². The molecule has 0 bridgehead atoms. The molecular formula is C13H20N2O5S. The number of hydrogen-bond acceptors (Lipinski definition) is 6. The zero-order chi connectivity index (χ0) is 15.3. The average Bonchev–Trinajstić information content (AvgIpc) is 2.53. The van der Waals surface area contributed by atoms with E-state index < -0.39 is 10.0 Å². The van der Waals surface area contributed by atoms with Gasteiger partial charge in [-0.25, -0.2) is 13.1 Å². The highest BCUT2D eigenvalue weighted by Crippen LogP contribution is 2.24. The molecule has 0 radical (unpaired) electrons. The Kier molecular flexibility index (Phi) is 5.54. The van der Waals surface area contributed by atoms with Crippen LogP contribution in [-0.4, -0.2) is 48.0 Å². The highest BCUT2D eigenvalue weighted by atomic mass is 32.2. The molecule has 1 aromatic rings. The first kappa shape index (κ1) is 16.2. The first-order valence-corrected chi connectivity index (χ1v) is 8.11. The van der Waals surface area contributed by atoms with Crippen LogP contribution in [0.5, 0.6) is 5.75 Å². The normalized spacial score (nSPS) is 19.4. The Hall–Kier alpha value is -1.19. The van der Waals surface area contributed by atoms with E-state index in [0.717, 1.165) is 5.56 Å². The fraction of sp³-hybridized carbons (Fsp3) is 0.538. The second kappa shape index (κ2) is 7.19. The Balaban J connectivity index is 2.11. The Labute approximate surface area is 124 Å². The highest BCUT2D eigenvalue weighted by Gasteiger charge is 2.22. The van der Waals surface area contributed by atoms with Gasteiger partial charge < -0.3 is 19.9 Å². The molecule has 118 valence electrons. The van der Waals surface area contributed by atoms with Gasteiger partial charge in [0, 0.05) is 13.1 Å². The molecule has 8 heteroatoms. The Morgan fingerprint density at radius 2 is 2.24 bits per heavy atom. The SMILES string of the molecule is COc1cc(CN)ccc1S(=O)(=O)NCC1COCCO1. The van der Waals surface area contributed by atoms with E-state index >= 15 is 0 Å². The van der Waals surface area contributed by atoms with Crippen molar-refractivity contribution in [3.05, 3.63) is 23.8 Å². The minimum absolute atomic E-state index is 0.0823. The van der Waals surface area contributed by atoms with Crippen LogP contribution in [0.15, 0.2) is 23.1 Å². The summed E-state index contributed by atoms with van der Waals surface area (Å²) in [6.07, 6.45) is -0.275. The molecule has 1 fully saturated rings. The van der Waals surface area contributed by atoms with Crippen LogP contribution in [-0.2, 0) is 26.0 Å². The molecule has 1 saturated heterocycles. The molecule has 1 aromatic carbocycles. The van der Waals surface area contributed by atoms with Crippen molar-refractivity contribution in [1.82, 2.24) is 4.72 Å². The molecule has 0 amide bonds. The minimum atomic E-state index is -3.68. The second-order valence-electron chi connectivity index (χ2n) is 4.61. The maximum absolute atomic E-state index is 12.3. The quantitative estimate of drug-likeness (QED) is 0.757. The molecule has 2 rings (SSSR count). The lowest BCUT2D eigenvalue weighted by Crippen LogP contribution is -2.39. The fourth-order valence-electron chi connectivity index (χ4n) is 2.00. The number of methoxy groups -OCH3 is 1. The molecule has 0 saturated carbocycles. The number of nitrogens with one attached hydrogen (secondary N) is 1. The van der Waals surface area contributed by atoms with E-state index in [9.17, 15) is 8.42 Å². The molecule has 1 heterocycles. The van der Waals surface area contributed by atoms with E-state index in [4.69, 9.17) is 19.9 Å². The monoisotopic (exact) mass is 316 g/mol. The molecule has 21 heavy (non-hydrogen) atoms. The summed E-state index contributed by atoms with van der Waals surface area (Å²) < 4.78 is 43.0. The molecule has 0 spiro atoms. The van der Waals surface area contributed by atoms with Gasteiger partial charge in [0.1, 0.15) is 10.6 Å². The molecule has 1 aliphatic rings. The zero-order valence-electron chi connectivity index (χ0n) is 11.9. The van der Waals surface area contributed by atoms with Gasteiger partial charge in [0.15, 0.2) is 0 Å². The van der Waals surface area contributed by atoms with Crippen LogP contribution in [0.25, 0.3) is 0 Å². The third-order valence-corrected chi connectivity index (χ3v) is 4.60. The molecule has 7 nitrogen and oxygen atoms in total. The van der Waals surface area contributed by atoms with Crippen molar-refractivity contribution in [3.8, 4) is 5.75 Å². The number of sulfonamides is 1. The lowest BCUT2D eigenvalue weighted by molar-refractivity contribution is -0.0846. The van der Waals surface area contributed by atoms with Gasteiger partial charge in [-0.05, 0) is 17.7 Å². The fourth-order valence-corrected chi connectivity index (χ4v) is 3.21. The highest BCUT2D eigenvalue weighted by molar-refractivity contribution is 7.89. The van der Waals surface area contributed by atoms with Crippen LogP contribution in [0.1, 0.15) is 5.56 Å². The number of hydrogen-bond donors (Lipinski definition) is 2. The first-order valence-electron chi connectivity index (χ1n) is 6.63. The summed E-state index contributed by atoms with van der Waals surface area (Å²) >= 11 is 0. The van der Waals surface area contributed by atoms with Crippen molar-refractivity contribution in [3.63, 3.8) is 0 Å². The van der Waals surface area contributed by atoms with Gasteiger partial charge in [0.2, 0.25) is 10.0 Å². The topological polar surface area (TPSA) is 99.9 Å². The number of rotatable bonds is 6. The third-order valence-electron chi connectivity index (χ3n) is 3.14. The number of benzene rings is 1.